The molecule has 0 saturated carbocycles. The molecule has 1 aromatic rings. The molecule has 0 spiro atoms. The number of nitrogens with one attached hydrogen (secondary N) is 1. The number of nitrogens with zero attached hydrogens (tertiary/aromatic N) is 3. The average molecular weight is 221 g/mol. The first-order valence-electron chi connectivity index (χ1n) is 5.25. The molecule has 1 aromatic heterocycles. The van der Waals surface area contributed by atoms with Gasteiger partial charge in [0.25, 0.3) is 0 Å². The lowest BCUT2D eigenvalue weighted by molar-refractivity contribution is 0.222. The second-order valence-corrected chi connectivity index (χ2v) is 4.01. The third-order valence-corrected chi connectivity index (χ3v) is 2.51. The fourth-order valence-corrected chi connectivity index (χ4v) is 1.60. The predicted octanol–water partition coefficient (Wildman–Crippen LogP) is 0.350. The van der Waals surface area contributed by atoms with E-state index in [1.54, 1.807) is 17.3 Å². The zero-order valence-electron chi connectivity index (χ0n) is 9.18. The number of anilines is 1. The molecule has 1 unspecified atom stereocenters. The lowest BCUT2D eigenvalue weighted by Crippen LogP contribution is -2.35. The molecule has 0 aliphatic carbocycles. The normalized spacial score (nSPS) is 19.9. The number of aromatic nitrogens is 2. The van der Waals surface area contributed by atoms with Gasteiger partial charge < -0.3 is 10.6 Å². The summed E-state index contributed by atoms with van der Waals surface area (Å²) in [5.74, 6) is 0.330. The van der Waals surface area contributed by atoms with Gasteiger partial charge in [-0.1, -0.05) is 0 Å². The Hall–Kier alpha value is -1.69. The van der Waals surface area contributed by atoms with Crippen molar-refractivity contribution < 1.29 is 4.79 Å². The summed E-state index contributed by atoms with van der Waals surface area (Å²) in [6, 6.07) is -0.0958. The SMILES string of the molecule is Cc1cnc(NC(=O)N2CCC(N)C2)nc1. The van der Waals surface area contributed by atoms with Crippen molar-refractivity contribution in [1.82, 2.24) is 14.9 Å². The minimum atomic E-state index is -0.184. The van der Waals surface area contributed by atoms with Gasteiger partial charge in [0.15, 0.2) is 0 Å². The van der Waals surface area contributed by atoms with Crippen molar-refractivity contribution in [1.29, 1.82) is 0 Å². The van der Waals surface area contributed by atoms with Crippen molar-refractivity contribution in [3.8, 4) is 0 Å². The standard InChI is InChI=1S/C10H15N5O/c1-7-4-12-9(13-5-7)14-10(16)15-3-2-8(11)6-15/h4-5,8H,2-3,6,11H2,1H3,(H,12,13,14,16). The number of rotatable bonds is 1. The van der Waals surface area contributed by atoms with Crippen LogP contribution >= 0.6 is 0 Å². The maximum absolute atomic E-state index is 11.7. The van der Waals surface area contributed by atoms with Gasteiger partial charge in [0, 0.05) is 31.5 Å². The molecule has 1 aliphatic heterocycles. The number of aryl methyl sites for hydroxylation is 1. The molecule has 2 amide bonds. The fraction of sp³-hybridized carbons (Fsp3) is 0.500. The highest BCUT2D eigenvalue weighted by Crippen LogP contribution is 2.08. The van der Waals surface area contributed by atoms with E-state index < -0.39 is 0 Å². The molecule has 1 fully saturated rings. The van der Waals surface area contributed by atoms with Crippen molar-refractivity contribution in [2.45, 2.75) is 19.4 Å². The molecule has 1 aliphatic rings. The summed E-state index contributed by atoms with van der Waals surface area (Å²) in [5, 5.41) is 2.64. The van der Waals surface area contributed by atoms with Gasteiger partial charge in [0.1, 0.15) is 0 Å². The molecule has 16 heavy (non-hydrogen) atoms. The second-order valence-electron chi connectivity index (χ2n) is 4.01. The van der Waals surface area contributed by atoms with Crippen LogP contribution in [-0.2, 0) is 0 Å². The molecule has 1 atom stereocenters. The Labute approximate surface area is 93.9 Å². The summed E-state index contributed by atoms with van der Waals surface area (Å²) in [6.45, 7) is 3.18. The topological polar surface area (TPSA) is 84.1 Å². The van der Waals surface area contributed by atoms with Crippen LogP contribution in [0.5, 0.6) is 0 Å². The Bertz CT molecular complexity index is 377. The molecule has 6 nitrogen and oxygen atoms in total. The number of carbonyl (C=O) groups excluding carboxylic acids is 1. The quantitative estimate of drug-likeness (QED) is 0.716. The van der Waals surface area contributed by atoms with E-state index in [-0.39, 0.29) is 12.1 Å². The first-order valence-corrected chi connectivity index (χ1v) is 5.25. The lowest BCUT2D eigenvalue weighted by Gasteiger charge is -2.15. The zero-order valence-corrected chi connectivity index (χ0v) is 9.18. The molecule has 0 bridgehead atoms. The smallest absolute Gasteiger partial charge is 0.324 e. The highest BCUT2D eigenvalue weighted by molar-refractivity contribution is 5.87. The molecule has 6 heteroatoms. The van der Waals surface area contributed by atoms with Gasteiger partial charge in [-0.2, -0.15) is 0 Å². The summed E-state index contributed by atoms with van der Waals surface area (Å²) in [5.41, 5.74) is 6.68. The van der Waals surface area contributed by atoms with E-state index in [1.165, 1.54) is 0 Å². The van der Waals surface area contributed by atoms with E-state index in [1.807, 2.05) is 6.92 Å². The number of amides is 2. The molecule has 2 heterocycles. The van der Waals surface area contributed by atoms with Crippen LogP contribution in [0.2, 0.25) is 0 Å². The van der Waals surface area contributed by atoms with Crippen LogP contribution in [0.15, 0.2) is 12.4 Å². The number of hydrogen-bond donors (Lipinski definition) is 2. The molecule has 3 N–H and O–H groups in total. The van der Waals surface area contributed by atoms with Gasteiger partial charge in [-0.25, -0.2) is 14.8 Å². The first kappa shape index (κ1) is 10.8. The third-order valence-electron chi connectivity index (χ3n) is 2.51. The molecule has 1 saturated heterocycles. The number of likely N-dealkylation sites (tertiary alicyclic amines) is 1. The Kier molecular flexibility index (Phi) is 3.00. The predicted molar refractivity (Wildman–Crippen MR) is 60.0 cm³/mol. The Morgan fingerprint density at radius 2 is 2.25 bits per heavy atom. The van der Waals surface area contributed by atoms with Crippen molar-refractivity contribution in [2.75, 3.05) is 18.4 Å². The minimum absolute atomic E-state index is 0.0877. The van der Waals surface area contributed by atoms with Gasteiger partial charge in [-0.15, -0.1) is 0 Å². The van der Waals surface area contributed by atoms with Crippen LogP contribution in [0.25, 0.3) is 0 Å². The van der Waals surface area contributed by atoms with E-state index in [2.05, 4.69) is 15.3 Å². The van der Waals surface area contributed by atoms with Crippen LogP contribution in [0.1, 0.15) is 12.0 Å². The van der Waals surface area contributed by atoms with E-state index in [4.69, 9.17) is 5.73 Å². The van der Waals surface area contributed by atoms with Gasteiger partial charge in [0.05, 0.1) is 0 Å². The molecule has 86 valence electrons. The van der Waals surface area contributed by atoms with Crippen molar-refractivity contribution >= 4 is 12.0 Å². The van der Waals surface area contributed by atoms with Crippen molar-refractivity contribution in [3.05, 3.63) is 18.0 Å². The van der Waals surface area contributed by atoms with E-state index in [9.17, 15) is 4.79 Å². The van der Waals surface area contributed by atoms with Crippen molar-refractivity contribution in [2.24, 2.45) is 5.73 Å². The van der Waals surface area contributed by atoms with E-state index in [0.29, 0.717) is 19.0 Å². The number of hydrogen-bond acceptors (Lipinski definition) is 4. The van der Waals surface area contributed by atoms with Crippen molar-refractivity contribution in [3.63, 3.8) is 0 Å². The number of nitrogens with two attached hydrogens (primary N) is 1. The lowest BCUT2D eigenvalue weighted by atomic mass is 10.3. The zero-order chi connectivity index (χ0) is 11.5. The Morgan fingerprint density at radius 1 is 1.56 bits per heavy atom. The van der Waals surface area contributed by atoms with Gasteiger partial charge in [-0.05, 0) is 18.9 Å². The fourth-order valence-electron chi connectivity index (χ4n) is 1.60. The summed E-state index contributed by atoms with van der Waals surface area (Å²) in [6.07, 6.45) is 4.18. The molecular formula is C10H15N5O. The monoisotopic (exact) mass is 221 g/mol. The molecule has 2 rings (SSSR count). The highest BCUT2D eigenvalue weighted by Gasteiger charge is 2.23. The maximum atomic E-state index is 11.7. The summed E-state index contributed by atoms with van der Waals surface area (Å²) in [7, 11) is 0. The molecule has 0 radical (unpaired) electrons. The summed E-state index contributed by atoms with van der Waals surface area (Å²) in [4.78, 5) is 21.4. The van der Waals surface area contributed by atoms with Gasteiger partial charge >= 0.3 is 6.03 Å². The third kappa shape index (κ3) is 2.46. The average Bonchev–Trinajstić information content (AvgIpc) is 2.68. The van der Waals surface area contributed by atoms with Gasteiger partial charge in [0.2, 0.25) is 5.95 Å². The largest absolute Gasteiger partial charge is 0.326 e. The van der Waals surface area contributed by atoms with Crippen LogP contribution in [0.4, 0.5) is 10.7 Å². The summed E-state index contributed by atoms with van der Waals surface area (Å²) < 4.78 is 0. The second kappa shape index (κ2) is 4.44. The van der Waals surface area contributed by atoms with E-state index >= 15 is 0 Å². The van der Waals surface area contributed by atoms with Gasteiger partial charge in [-0.3, -0.25) is 5.32 Å². The van der Waals surface area contributed by atoms with Crippen LogP contribution < -0.4 is 11.1 Å². The number of urea groups is 1. The van der Waals surface area contributed by atoms with Crippen LogP contribution in [-0.4, -0.2) is 40.0 Å². The van der Waals surface area contributed by atoms with Crippen LogP contribution in [0.3, 0.4) is 0 Å². The Morgan fingerprint density at radius 3 is 2.81 bits per heavy atom. The Balaban J connectivity index is 1.94. The molecular weight excluding hydrogens is 206 g/mol. The minimum Gasteiger partial charge on any atom is -0.326 e. The summed E-state index contributed by atoms with van der Waals surface area (Å²) >= 11 is 0. The number of carbonyl (C=O) groups is 1. The highest BCUT2D eigenvalue weighted by atomic mass is 16.2. The molecule has 0 aromatic carbocycles. The van der Waals surface area contributed by atoms with Crippen LogP contribution in [0, 0.1) is 6.92 Å². The maximum Gasteiger partial charge on any atom is 0.324 e. The first-order chi connectivity index (χ1) is 7.65. The van der Waals surface area contributed by atoms with E-state index in [0.717, 1.165) is 12.0 Å².